The van der Waals surface area contributed by atoms with Crippen LogP contribution in [0.5, 0.6) is 5.75 Å². The lowest BCUT2D eigenvalue weighted by Crippen LogP contribution is -2.55. The number of halogens is 1. The summed E-state index contributed by atoms with van der Waals surface area (Å²) >= 11 is 0. The second kappa shape index (κ2) is 8.09. The number of hydrogen-bond donors (Lipinski definition) is 2. The number of nitrogens with one attached hydrogen (secondary N) is 2. The minimum atomic E-state index is -0.271. The van der Waals surface area contributed by atoms with Crippen LogP contribution in [0.15, 0.2) is 24.3 Å². The Morgan fingerprint density at radius 3 is 2.75 bits per heavy atom. The summed E-state index contributed by atoms with van der Waals surface area (Å²) in [6.07, 6.45) is -0.0929. The zero-order valence-electron chi connectivity index (χ0n) is 11.7. The van der Waals surface area contributed by atoms with Crippen LogP contribution in [0.2, 0.25) is 0 Å². The third kappa shape index (κ3) is 4.37. The molecule has 6 heteroatoms. The zero-order chi connectivity index (χ0) is 13.7. The van der Waals surface area contributed by atoms with Crippen molar-refractivity contribution in [3.05, 3.63) is 29.8 Å². The van der Waals surface area contributed by atoms with Crippen molar-refractivity contribution in [1.82, 2.24) is 10.6 Å². The normalized spacial score (nSPS) is 21.7. The molecule has 0 unspecified atom stereocenters. The maximum atomic E-state index is 12.0. The number of ether oxygens (including phenoxy) is 2. The van der Waals surface area contributed by atoms with E-state index in [9.17, 15) is 4.79 Å². The number of carbonyl (C=O) groups excluding carboxylic acids is 1. The number of carbonyl (C=O) groups is 1. The molecule has 1 amide bonds. The van der Waals surface area contributed by atoms with Crippen molar-refractivity contribution in [3.63, 3.8) is 0 Å². The predicted molar refractivity (Wildman–Crippen MR) is 79.3 cm³/mol. The maximum absolute atomic E-state index is 12.0. The molecular weight excluding hydrogens is 280 g/mol. The molecule has 5 nitrogen and oxygen atoms in total. The number of methoxy groups -OCH3 is 1. The average molecular weight is 301 g/mol. The highest BCUT2D eigenvalue weighted by Crippen LogP contribution is 2.11. The molecule has 1 saturated heterocycles. The van der Waals surface area contributed by atoms with Gasteiger partial charge in [-0.05, 0) is 24.6 Å². The third-order valence-corrected chi connectivity index (χ3v) is 3.22. The molecule has 0 aliphatic carbocycles. The summed E-state index contributed by atoms with van der Waals surface area (Å²) in [5, 5.41) is 6.08. The quantitative estimate of drug-likeness (QED) is 0.874. The van der Waals surface area contributed by atoms with Gasteiger partial charge in [-0.1, -0.05) is 12.1 Å². The van der Waals surface area contributed by atoms with E-state index in [1.165, 1.54) is 0 Å². The summed E-state index contributed by atoms with van der Waals surface area (Å²) in [4.78, 5) is 12.0. The number of hydrogen-bond acceptors (Lipinski definition) is 4. The van der Waals surface area contributed by atoms with Crippen LogP contribution in [0.25, 0.3) is 0 Å². The fourth-order valence-electron chi connectivity index (χ4n) is 2.07. The minimum Gasteiger partial charge on any atom is -0.497 e. The fraction of sp³-hybridized carbons (Fsp3) is 0.500. The Bertz CT molecular complexity index is 425. The number of morpholine rings is 1. The third-order valence-electron chi connectivity index (χ3n) is 3.22. The molecule has 1 aromatic rings. The Balaban J connectivity index is 0.00000200. The van der Waals surface area contributed by atoms with Crippen molar-refractivity contribution < 1.29 is 14.3 Å². The first-order valence-electron chi connectivity index (χ1n) is 6.46. The molecular formula is C14H21ClN2O3. The van der Waals surface area contributed by atoms with Crippen molar-refractivity contribution in [2.75, 3.05) is 20.3 Å². The molecule has 0 saturated carbocycles. The lowest BCUT2D eigenvalue weighted by atomic mass is 10.1. The molecule has 1 aliphatic rings. The van der Waals surface area contributed by atoms with Crippen molar-refractivity contribution in [3.8, 4) is 5.75 Å². The Kier molecular flexibility index (Phi) is 6.78. The minimum absolute atomic E-state index is 0. The van der Waals surface area contributed by atoms with Crippen LogP contribution in [0, 0.1) is 0 Å². The van der Waals surface area contributed by atoms with E-state index in [-0.39, 0.29) is 30.5 Å². The van der Waals surface area contributed by atoms with Crippen LogP contribution in [0.3, 0.4) is 0 Å². The van der Waals surface area contributed by atoms with Gasteiger partial charge in [0, 0.05) is 13.1 Å². The van der Waals surface area contributed by atoms with Gasteiger partial charge in [-0.2, -0.15) is 0 Å². The topological polar surface area (TPSA) is 59.6 Å². The molecule has 1 aromatic carbocycles. The van der Waals surface area contributed by atoms with E-state index in [2.05, 4.69) is 10.6 Å². The Morgan fingerprint density at radius 2 is 2.15 bits per heavy atom. The van der Waals surface area contributed by atoms with E-state index in [0.29, 0.717) is 19.7 Å². The van der Waals surface area contributed by atoms with Crippen LogP contribution in [-0.4, -0.2) is 38.3 Å². The lowest BCUT2D eigenvalue weighted by Gasteiger charge is -2.29. The van der Waals surface area contributed by atoms with Gasteiger partial charge in [0.1, 0.15) is 11.8 Å². The second-order valence-electron chi connectivity index (χ2n) is 4.57. The van der Waals surface area contributed by atoms with E-state index in [1.807, 2.05) is 31.2 Å². The van der Waals surface area contributed by atoms with Crippen molar-refractivity contribution in [2.45, 2.75) is 25.6 Å². The van der Waals surface area contributed by atoms with Crippen molar-refractivity contribution >= 4 is 18.3 Å². The van der Waals surface area contributed by atoms with Crippen LogP contribution >= 0.6 is 12.4 Å². The van der Waals surface area contributed by atoms with Crippen LogP contribution in [0.1, 0.15) is 12.5 Å². The molecule has 20 heavy (non-hydrogen) atoms. The molecule has 1 aliphatic heterocycles. The van der Waals surface area contributed by atoms with E-state index >= 15 is 0 Å². The first kappa shape index (κ1) is 16.8. The SMILES string of the molecule is COc1ccc(CNC(=O)[C@H]2NCCO[C@@H]2C)cc1.Cl. The average Bonchev–Trinajstić information content (AvgIpc) is 2.46. The highest BCUT2D eigenvalue weighted by atomic mass is 35.5. The van der Waals surface area contributed by atoms with E-state index in [4.69, 9.17) is 9.47 Å². The number of benzene rings is 1. The van der Waals surface area contributed by atoms with E-state index < -0.39 is 0 Å². The number of amides is 1. The summed E-state index contributed by atoms with van der Waals surface area (Å²) in [6, 6.07) is 7.37. The van der Waals surface area contributed by atoms with Gasteiger partial charge in [0.2, 0.25) is 5.91 Å². The summed E-state index contributed by atoms with van der Waals surface area (Å²) in [7, 11) is 1.63. The summed E-state index contributed by atoms with van der Waals surface area (Å²) in [5.74, 6) is 0.786. The van der Waals surface area contributed by atoms with Crippen LogP contribution < -0.4 is 15.4 Å². The van der Waals surface area contributed by atoms with Gasteiger partial charge in [0.15, 0.2) is 0 Å². The first-order valence-corrected chi connectivity index (χ1v) is 6.46. The predicted octanol–water partition coefficient (Wildman–Crippen LogP) is 1.11. The van der Waals surface area contributed by atoms with E-state index in [1.54, 1.807) is 7.11 Å². The van der Waals surface area contributed by atoms with Crippen molar-refractivity contribution in [2.24, 2.45) is 0 Å². The van der Waals surface area contributed by atoms with Gasteiger partial charge in [0.25, 0.3) is 0 Å². The van der Waals surface area contributed by atoms with Gasteiger partial charge in [-0.15, -0.1) is 12.4 Å². The van der Waals surface area contributed by atoms with Gasteiger partial charge >= 0.3 is 0 Å². The lowest BCUT2D eigenvalue weighted by molar-refractivity contribution is -0.129. The fourth-order valence-corrected chi connectivity index (χ4v) is 2.07. The highest BCUT2D eigenvalue weighted by molar-refractivity contribution is 5.85. The molecule has 1 fully saturated rings. The molecule has 0 bridgehead atoms. The molecule has 0 aromatic heterocycles. The smallest absolute Gasteiger partial charge is 0.240 e. The summed E-state index contributed by atoms with van der Waals surface area (Å²) in [5.41, 5.74) is 1.04. The maximum Gasteiger partial charge on any atom is 0.240 e. The van der Waals surface area contributed by atoms with Gasteiger partial charge in [-0.25, -0.2) is 0 Å². The molecule has 2 N–H and O–H groups in total. The summed E-state index contributed by atoms with van der Waals surface area (Å²) in [6.45, 7) is 3.78. The van der Waals surface area contributed by atoms with Gasteiger partial charge in [0.05, 0.1) is 19.8 Å². The molecule has 2 rings (SSSR count). The Labute approximate surface area is 125 Å². The Morgan fingerprint density at radius 1 is 1.45 bits per heavy atom. The monoisotopic (exact) mass is 300 g/mol. The molecule has 0 radical (unpaired) electrons. The van der Waals surface area contributed by atoms with Gasteiger partial charge < -0.3 is 20.1 Å². The van der Waals surface area contributed by atoms with Gasteiger partial charge in [-0.3, -0.25) is 4.79 Å². The van der Waals surface area contributed by atoms with Crippen LogP contribution in [-0.2, 0) is 16.1 Å². The van der Waals surface area contributed by atoms with E-state index in [0.717, 1.165) is 11.3 Å². The second-order valence-corrected chi connectivity index (χ2v) is 4.57. The Hall–Kier alpha value is -1.30. The molecule has 112 valence electrons. The van der Waals surface area contributed by atoms with Crippen molar-refractivity contribution in [1.29, 1.82) is 0 Å². The molecule has 0 spiro atoms. The summed E-state index contributed by atoms with van der Waals surface area (Å²) < 4.78 is 10.5. The van der Waals surface area contributed by atoms with Crippen LogP contribution in [0.4, 0.5) is 0 Å². The standard InChI is InChI=1S/C14H20N2O3.ClH/c1-10-13(15-7-8-19-10)14(17)16-9-11-3-5-12(18-2)6-4-11;/h3-6,10,13,15H,7-9H2,1-2H3,(H,16,17);1H/t10-,13+;/m1./s1. The molecule has 1 heterocycles. The highest BCUT2D eigenvalue weighted by Gasteiger charge is 2.27. The molecule has 2 atom stereocenters. The largest absolute Gasteiger partial charge is 0.497 e. The zero-order valence-corrected chi connectivity index (χ0v) is 12.5. The number of rotatable bonds is 4. The first-order chi connectivity index (χ1) is 9.20.